The van der Waals surface area contributed by atoms with E-state index in [2.05, 4.69) is 6.58 Å². The van der Waals surface area contributed by atoms with Crippen LogP contribution in [-0.2, 0) is 9.53 Å². The number of fused-ring (bicyclic) bond motifs is 2. The topological polar surface area (TPSA) is 46.5 Å². The Balaban J connectivity index is 1.75. The molecule has 0 radical (unpaired) electrons. The van der Waals surface area contributed by atoms with Crippen molar-refractivity contribution in [3.8, 4) is 0 Å². The van der Waals surface area contributed by atoms with Gasteiger partial charge < -0.3 is 9.84 Å². The Kier molecular flexibility index (Phi) is 2.59. The highest BCUT2D eigenvalue weighted by molar-refractivity contribution is 5.85. The summed E-state index contributed by atoms with van der Waals surface area (Å²) in [7, 11) is 0. The first kappa shape index (κ1) is 9.71. The van der Waals surface area contributed by atoms with Crippen LogP contribution in [0.5, 0.6) is 0 Å². The van der Waals surface area contributed by atoms with E-state index in [1.54, 1.807) is 0 Å². The highest BCUT2D eigenvalue weighted by atomic mass is 16.5. The Labute approximate surface area is 83.8 Å². The third kappa shape index (κ3) is 1.82. The Morgan fingerprint density at radius 2 is 2.21 bits per heavy atom. The molecule has 2 heterocycles. The van der Waals surface area contributed by atoms with Crippen LogP contribution in [0, 0.1) is 5.92 Å². The molecule has 3 heteroatoms. The maximum Gasteiger partial charge on any atom is 0.330 e. The predicted octanol–water partition coefficient (Wildman–Crippen LogP) is 1.97. The molecule has 1 N–H and O–H groups in total. The second kappa shape index (κ2) is 3.73. The molecule has 2 bridgehead atoms. The molecule has 1 aliphatic carbocycles. The molecule has 14 heavy (non-hydrogen) atoms. The highest BCUT2D eigenvalue weighted by Gasteiger charge is 2.40. The summed E-state index contributed by atoms with van der Waals surface area (Å²) in [6, 6.07) is 0. The van der Waals surface area contributed by atoms with E-state index in [1.165, 1.54) is 12.8 Å². The minimum Gasteiger partial charge on any atom is -0.478 e. The molecule has 3 aliphatic rings. The second-order valence-corrected chi connectivity index (χ2v) is 4.32. The molecule has 0 amide bonds. The van der Waals surface area contributed by atoms with Gasteiger partial charge in [0.2, 0.25) is 0 Å². The van der Waals surface area contributed by atoms with Crippen LogP contribution in [-0.4, -0.2) is 23.3 Å². The first-order valence-corrected chi connectivity index (χ1v) is 5.23. The molecule has 2 saturated heterocycles. The van der Waals surface area contributed by atoms with Gasteiger partial charge in [-0.1, -0.05) is 6.58 Å². The van der Waals surface area contributed by atoms with Crippen molar-refractivity contribution in [2.24, 2.45) is 5.92 Å². The number of carboxylic acids is 1. The molecule has 0 aromatic heterocycles. The van der Waals surface area contributed by atoms with E-state index in [-0.39, 0.29) is 0 Å². The van der Waals surface area contributed by atoms with Crippen LogP contribution in [0.3, 0.4) is 0 Å². The van der Waals surface area contributed by atoms with Crippen molar-refractivity contribution in [3.05, 3.63) is 12.2 Å². The second-order valence-electron chi connectivity index (χ2n) is 4.32. The van der Waals surface area contributed by atoms with Crippen LogP contribution in [0.2, 0.25) is 0 Å². The van der Waals surface area contributed by atoms with Crippen molar-refractivity contribution in [1.29, 1.82) is 0 Å². The lowest BCUT2D eigenvalue weighted by Crippen LogP contribution is -2.47. The van der Waals surface area contributed by atoms with Gasteiger partial charge in [0, 0.05) is 12.0 Å². The lowest BCUT2D eigenvalue weighted by Gasteiger charge is -2.46. The smallest absolute Gasteiger partial charge is 0.330 e. The van der Waals surface area contributed by atoms with Crippen molar-refractivity contribution in [3.63, 3.8) is 0 Å². The van der Waals surface area contributed by atoms with Crippen molar-refractivity contribution in [2.45, 2.75) is 44.3 Å². The van der Waals surface area contributed by atoms with Crippen LogP contribution >= 0.6 is 0 Å². The van der Waals surface area contributed by atoms with Gasteiger partial charge >= 0.3 is 5.97 Å². The maximum atomic E-state index is 10.5. The van der Waals surface area contributed by atoms with Gasteiger partial charge in [0.15, 0.2) is 0 Å². The van der Waals surface area contributed by atoms with E-state index in [9.17, 15) is 4.79 Å². The first-order chi connectivity index (χ1) is 6.66. The number of hydrogen-bond donors (Lipinski definition) is 1. The summed E-state index contributed by atoms with van der Waals surface area (Å²) < 4.78 is 5.60. The summed E-state index contributed by atoms with van der Waals surface area (Å²) in [5.74, 6) is -0.302. The van der Waals surface area contributed by atoms with Crippen LogP contribution in [0.1, 0.15) is 32.1 Å². The summed E-state index contributed by atoms with van der Waals surface area (Å²) >= 11 is 0. The lowest BCUT2D eigenvalue weighted by atomic mass is 9.77. The number of hydrogen-bond acceptors (Lipinski definition) is 2. The van der Waals surface area contributed by atoms with Crippen molar-refractivity contribution in [1.82, 2.24) is 0 Å². The number of carboxylic acid groups (broad SMARTS) is 1. The quantitative estimate of drug-likeness (QED) is 0.699. The molecule has 3 nitrogen and oxygen atoms in total. The van der Waals surface area contributed by atoms with Crippen LogP contribution in [0.4, 0.5) is 0 Å². The minimum atomic E-state index is -0.867. The zero-order chi connectivity index (χ0) is 10.1. The van der Waals surface area contributed by atoms with Gasteiger partial charge in [0.25, 0.3) is 0 Å². The molecule has 3 atom stereocenters. The monoisotopic (exact) mass is 196 g/mol. The average Bonchev–Trinajstić information content (AvgIpc) is 2.13. The third-order valence-corrected chi connectivity index (χ3v) is 3.37. The van der Waals surface area contributed by atoms with Gasteiger partial charge in [-0.2, -0.15) is 0 Å². The Morgan fingerprint density at radius 3 is 2.71 bits per heavy atom. The van der Waals surface area contributed by atoms with Gasteiger partial charge in [-0.3, -0.25) is 0 Å². The molecule has 78 valence electrons. The molecule has 0 aromatic carbocycles. The molecule has 3 rings (SSSR count). The summed E-state index contributed by atoms with van der Waals surface area (Å²) in [5, 5.41) is 8.66. The molecule has 0 aromatic rings. The summed E-state index contributed by atoms with van der Waals surface area (Å²) in [6.45, 7) is 3.54. The van der Waals surface area contributed by atoms with Crippen LogP contribution in [0.15, 0.2) is 12.2 Å². The Bertz CT molecular complexity index is 251. The number of aliphatic carboxylic acids is 1. The fourth-order valence-corrected chi connectivity index (χ4v) is 2.37. The van der Waals surface area contributed by atoms with Crippen LogP contribution < -0.4 is 0 Å². The van der Waals surface area contributed by atoms with Gasteiger partial charge in [-0.15, -0.1) is 0 Å². The molecule has 1 saturated carbocycles. The molecular weight excluding hydrogens is 180 g/mol. The van der Waals surface area contributed by atoms with Gasteiger partial charge in [-0.05, 0) is 31.6 Å². The highest BCUT2D eigenvalue weighted by Crippen LogP contribution is 2.41. The minimum absolute atomic E-state index is 0.325. The number of ether oxygens (including phenoxy) is 1. The third-order valence-electron chi connectivity index (χ3n) is 3.37. The van der Waals surface area contributed by atoms with Crippen LogP contribution in [0.25, 0.3) is 0 Å². The largest absolute Gasteiger partial charge is 0.478 e. The van der Waals surface area contributed by atoms with E-state index >= 15 is 0 Å². The van der Waals surface area contributed by atoms with Crippen molar-refractivity contribution in [2.75, 3.05) is 0 Å². The number of rotatable bonds is 4. The number of carbonyl (C=O) groups is 1. The lowest BCUT2D eigenvalue weighted by molar-refractivity contribution is -0.186. The molecule has 3 fully saturated rings. The van der Waals surface area contributed by atoms with Gasteiger partial charge in [-0.25, -0.2) is 4.79 Å². The maximum absolute atomic E-state index is 10.5. The molecule has 2 aliphatic heterocycles. The fraction of sp³-hybridized carbons (Fsp3) is 0.727. The molecule has 3 unspecified atom stereocenters. The Morgan fingerprint density at radius 1 is 1.50 bits per heavy atom. The van der Waals surface area contributed by atoms with Gasteiger partial charge in [0.05, 0.1) is 12.2 Å². The first-order valence-electron chi connectivity index (χ1n) is 5.23. The molecule has 0 spiro atoms. The summed E-state index contributed by atoms with van der Waals surface area (Å²) in [6.07, 6.45) is 5.98. The predicted molar refractivity (Wildman–Crippen MR) is 52.0 cm³/mol. The van der Waals surface area contributed by atoms with E-state index in [0.29, 0.717) is 30.1 Å². The zero-order valence-electron chi connectivity index (χ0n) is 8.24. The van der Waals surface area contributed by atoms with Crippen molar-refractivity contribution < 1.29 is 14.6 Å². The standard InChI is InChI=1S/C11H16O3/c1-7(11(12)13)2-3-8-4-5-9-6-10(8)14-9/h8-10H,1-6H2,(H,12,13). The van der Waals surface area contributed by atoms with E-state index in [0.717, 1.165) is 12.8 Å². The normalized spacial score (nSPS) is 34.7. The van der Waals surface area contributed by atoms with Gasteiger partial charge in [0.1, 0.15) is 0 Å². The fourth-order valence-electron chi connectivity index (χ4n) is 2.37. The van der Waals surface area contributed by atoms with Crippen molar-refractivity contribution >= 4 is 5.97 Å². The SMILES string of the molecule is C=C(CCC1CCC2CC1O2)C(=O)O. The zero-order valence-corrected chi connectivity index (χ0v) is 8.24. The summed E-state index contributed by atoms with van der Waals surface area (Å²) in [5.41, 5.74) is 0.325. The van der Waals surface area contributed by atoms with E-state index < -0.39 is 5.97 Å². The Hall–Kier alpha value is -0.830. The molecular formula is C11H16O3. The van der Waals surface area contributed by atoms with E-state index in [1.807, 2.05) is 0 Å². The average molecular weight is 196 g/mol. The summed E-state index contributed by atoms with van der Waals surface area (Å²) in [4.78, 5) is 10.5. The van der Waals surface area contributed by atoms with E-state index in [4.69, 9.17) is 9.84 Å².